The summed E-state index contributed by atoms with van der Waals surface area (Å²) in [5, 5.41) is 151. The number of fused-ring (bicyclic) bond motifs is 7. The molecule has 8 fully saturated rings. The molecular formula is C52H84O23. The van der Waals surface area contributed by atoms with Crippen molar-refractivity contribution in [3.63, 3.8) is 0 Å². The Bertz CT molecular complexity index is 2080. The van der Waals surface area contributed by atoms with Crippen LogP contribution in [-0.2, 0) is 42.7 Å². The number of aliphatic carboxylic acids is 1. The number of aliphatic hydroxyl groups is 13. The Kier molecular flexibility index (Phi) is 16.0. The van der Waals surface area contributed by atoms with Crippen LogP contribution in [-0.4, -0.2) is 233 Å². The van der Waals surface area contributed by atoms with E-state index in [2.05, 4.69) is 33.8 Å². The summed E-state index contributed by atoms with van der Waals surface area (Å²) >= 11 is 0. The molecule has 430 valence electrons. The average molecular weight is 1080 g/mol. The quantitative estimate of drug-likeness (QED) is 0.0768. The van der Waals surface area contributed by atoms with Crippen molar-refractivity contribution in [1.82, 2.24) is 0 Å². The van der Waals surface area contributed by atoms with Gasteiger partial charge < -0.3 is 109 Å². The van der Waals surface area contributed by atoms with Gasteiger partial charge in [-0.1, -0.05) is 60.1 Å². The monoisotopic (exact) mass is 1080 g/mol. The summed E-state index contributed by atoms with van der Waals surface area (Å²) in [4.78, 5) is 12.4. The third-order valence-electron chi connectivity index (χ3n) is 21.1. The van der Waals surface area contributed by atoms with Crippen LogP contribution < -0.4 is 0 Å². The number of carboxylic acids is 1. The van der Waals surface area contributed by atoms with E-state index in [9.17, 15) is 76.3 Å². The molecule has 4 aliphatic heterocycles. The Balaban J connectivity index is 0.958. The molecule has 0 radical (unpaired) electrons. The van der Waals surface area contributed by atoms with Crippen molar-refractivity contribution >= 4 is 5.97 Å². The predicted molar refractivity (Wildman–Crippen MR) is 254 cm³/mol. The van der Waals surface area contributed by atoms with Crippen LogP contribution >= 0.6 is 0 Å². The van der Waals surface area contributed by atoms with Gasteiger partial charge >= 0.3 is 5.97 Å². The van der Waals surface area contributed by atoms with Gasteiger partial charge in [0.2, 0.25) is 0 Å². The summed E-state index contributed by atoms with van der Waals surface area (Å²) < 4.78 is 47.9. The lowest BCUT2D eigenvalue weighted by atomic mass is 9.33. The van der Waals surface area contributed by atoms with E-state index in [1.54, 1.807) is 0 Å². The molecule has 0 aromatic carbocycles. The van der Waals surface area contributed by atoms with E-state index in [0.29, 0.717) is 38.5 Å². The minimum atomic E-state index is -2.03. The van der Waals surface area contributed by atoms with Gasteiger partial charge in [0.15, 0.2) is 31.3 Å². The maximum atomic E-state index is 12.4. The Hall–Kier alpha value is -1.63. The highest BCUT2D eigenvalue weighted by molar-refractivity contribution is 5.73. The Morgan fingerprint density at radius 1 is 0.613 bits per heavy atom. The summed E-state index contributed by atoms with van der Waals surface area (Å²) in [6, 6.07) is 0. The van der Waals surface area contributed by atoms with Crippen molar-refractivity contribution in [2.24, 2.45) is 50.2 Å². The maximum absolute atomic E-state index is 12.4. The van der Waals surface area contributed by atoms with E-state index in [1.807, 2.05) is 20.8 Å². The molecule has 4 saturated heterocycles. The number of ether oxygens (including phenoxy) is 8. The number of aliphatic hydroxyl groups excluding tert-OH is 13. The van der Waals surface area contributed by atoms with Gasteiger partial charge in [-0.25, -0.2) is 4.79 Å². The Morgan fingerprint density at radius 3 is 1.91 bits per heavy atom. The minimum Gasteiger partial charge on any atom is -0.479 e. The van der Waals surface area contributed by atoms with Gasteiger partial charge in [0, 0.05) is 10.8 Å². The lowest BCUT2D eigenvalue weighted by Crippen LogP contribution is -2.69. The third kappa shape index (κ3) is 9.20. The van der Waals surface area contributed by atoms with Gasteiger partial charge in [-0.3, -0.25) is 0 Å². The Labute approximate surface area is 436 Å². The van der Waals surface area contributed by atoms with E-state index >= 15 is 0 Å². The SMILES string of the molecule is CC1(C)CC2C3=CCC4C5(C)CCC(OC6OC(C(=O)O)C(O)C(O)C6OC6OC(CO)C(O)C(O)C6O)C(C)(CO)C5CCC4(C)C3(C)CCC2(C)C(OC2OCC(O)C(OC3OCC(O)C(O)C3O)C2O)C1O. The molecule has 0 aromatic rings. The summed E-state index contributed by atoms with van der Waals surface area (Å²) in [6.07, 6.45) is -25.1. The fourth-order valence-electron chi connectivity index (χ4n) is 16.2. The second kappa shape index (κ2) is 20.7. The first kappa shape index (κ1) is 58.0. The summed E-state index contributed by atoms with van der Waals surface area (Å²) in [7, 11) is 0. The van der Waals surface area contributed by atoms with Crippen molar-refractivity contribution in [2.75, 3.05) is 26.4 Å². The lowest BCUT2D eigenvalue weighted by Gasteiger charge is -2.72. The van der Waals surface area contributed by atoms with Crippen molar-refractivity contribution in [3.8, 4) is 0 Å². The highest BCUT2D eigenvalue weighted by Crippen LogP contribution is 2.76. The lowest BCUT2D eigenvalue weighted by molar-refractivity contribution is -0.375. The van der Waals surface area contributed by atoms with Crippen LogP contribution in [0.3, 0.4) is 0 Å². The molecule has 0 bridgehead atoms. The fourth-order valence-corrected chi connectivity index (χ4v) is 16.2. The average Bonchev–Trinajstić information content (AvgIpc) is 3.38. The standard InChI is InChI=1S/C52H84O23/c1-47(2)16-22-21-8-9-27-49(4)12-11-28(71-46-39(33(61)32(60)38(73-46)42(66)67)74-45-35(63)31(59)30(58)25(17-53)70-45)50(5,20-54)26(49)10-13-52(27,7)51(21,6)15-14-48(22,3)41(40(47)65)75-44-36(64)37(24(56)19-69-44)72-43-34(62)29(57)23(55)18-68-43/h8,22-41,43-46,53-65H,9-20H2,1-7H3,(H,66,67). The van der Waals surface area contributed by atoms with Gasteiger partial charge in [-0.2, -0.15) is 0 Å². The number of carboxylic acid groups (broad SMARTS) is 1. The van der Waals surface area contributed by atoms with Crippen LogP contribution in [0.1, 0.15) is 99.8 Å². The zero-order valence-electron chi connectivity index (χ0n) is 43.9. The molecule has 4 saturated carbocycles. The molecular weight excluding hydrogens is 993 g/mol. The zero-order chi connectivity index (χ0) is 54.9. The van der Waals surface area contributed by atoms with E-state index in [4.69, 9.17) is 37.9 Å². The molecule has 0 amide bonds. The van der Waals surface area contributed by atoms with Crippen LogP contribution in [0.5, 0.6) is 0 Å². The summed E-state index contributed by atoms with van der Waals surface area (Å²) in [5.41, 5.74) is -2.02. The van der Waals surface area contributed by atoms with Crippen LogP contribution in [0, 0.1) is 50.2 Å². The molecule has 23 heteroatoms. The number of allylic oxidation sites excluding steroid dienone is 2. The largest absolute Gasteiger partial charge is 0.479 e. The summed E-state index contributed by atoms with van der Waals surface area (Å²) in [6.45, 7) is 13.3. The second-order valence-corrected chi connectivity index (χ2v) is 25.5. The molecule has 0 spiro atoms. The first-order valence-corrected chi connectivity index (χ1v) is 26.8. The number of carbonyl (C=O) groups is 1. The maximum Gasteiger partial charge on any atom is 0.335 e. The Morgan fingerprint density at radius 2 is 1.25 bits per heavy atom. The van der Waals surface area contributed by atoms with Crippen molar-refractivity contribution in [3.05, 3.63) is 11.6 Å². The smallest absolute Gasteiger partial charge is 0.335 e. The number of rotatable bonds is 11. The van der Waals surface area contributed by atoms with E-state index in [0.717, 1.165) is 12.8 Å². The predicted octanol–water partition coefficient (Wildman–Crippen LogP) is -2.25. The molecule has 4 heterocycles. The second-order valence-electron chi connectivity index (χ2n) is 25.5. The van der Waals surface area contributed by atoms with Crippen LogP contribution in [0.4, 0.5) is 0 Å². The third-order valence-corrected chi connectivity index (χ3v) is 21.1. The molecule has 23 nitrogen and oxygen atoms in total. The molecule has 0 aromatic heterocycles. The highest BCUT2D eigenvalue weighted by Gasteiger charge is 2.71. The van der Waals surface area contributed by atoms with Gasteiger partial charge in [0.25, 0.3) is 0 Å². The highest BCUT2D eigenvalue weighted by atomic mass is 16.8. The number of hydrogen-bond acceptors (Lipinski definition) is 22. The van der Waals surface area contributed by atoms with E-state index < -0.39 is 158 Å². The number of hydrogen-bond donors (Lipinski definition) is 14. The molecule has 9 rings (SSSR count). The molecule has 9 aliphatic rings. The normalized spacial score (nSPS) is 55.9. The van der Waals surface area contributed by atoms with E-state index in [1.165, 1.54) is 5.57 Å². The van der Waals surface area contributed by atoms with Gasteiger partial charge in [0.1, 0.15) is 79.4 Å². The minimum absolute atomic E-state index is 0.0796. The topological polar surface area (TPSA) is 374 Å². The fraction of sp³-hybridized carbons (Fsp3) is 0.942. The molecule has 5 aliphatic carbocycles. The van der Waals surface area contributed by atoms with Gasteiger partial charge in [-0.05, 0) is 90.8 Å². The van der Waals surface area contributed by atoms with Crippen LogP contribution in [0.15, 0.2) is 11.6 Å². The molecule has 29 atom stereocenters. The van der Waals surface area contributed by atoms with Crippen molar-refractivity contribution in [2.45, 2.75) is 229 Å². The van der Waals surface area contributed by atoms with Gasteiger partial charge in [0.05, 0.1) is 44.7 Å². The van der Waals surface area contributed by atoms with Crippen molar-refractivity contribution < 1.29 is 114 Å². The molecule has 75 heavy (non-hydrogen) atoms. The van der Waals surface area contributed by atoms with Crippen LogP contribution in [0.25, 0.3) is 0 Å². The van der Waals surface area contributed by atoms with Crippen molar-refractivity contribution in [1.29, 1.82) is 0 Å². The molecule has 14 N–H and O–H groups in total. The first-order chi connectivity index (χ1) is 35.0. The molecule has 29 unspecified atom stereocenters. The van der Waals surface area contributed by atoms with E-state index in [-0.39, 0.29) is 53.8 Å². The van der Waals surface area contributed by atoms with Gasteiger partial charge in [-0.15, -0.1) is 0 Å². The summed E-state index contributed by atoms with van der Waals surface area (Å²) in [5.74, 6) is -1.72. The zero-order valence-corrected chi connectivity index (χ0v) is 43.9. The first-order valence-electron chi connectivity index (χ1n) is 26.8. The van der Waals surface area contributed by atoms with Crippen LogP contribution in [0.2, 0.25) is 0 Å².